The molecule has 25 heavy (non-hydrogen) atoms. The highest BCUT2D eigenvalue weighted by Crippen LogP contribution is 2.23. The number of hydrogen-bond donors (Lipinski definition) is 0. The summed E-state index contributed by atoms with van der Waals surface area (Å²) >= 11 is 0. The van der Waals surface area contributed by atoms with Crippen LogP contribution in [0.1, 0.15) is 44.4 Å². The number of carbonyl (C=O) groups excluding carboxylic acids is 1. The van der Waals surface area contributed by atoms with E-state index in [0.717, 1.165) is 25.7 Å². The topological polar surface area (TPSA) is 85.0 Å². The lowest BCUT2D eigenvalue weighted by atomic mass is 9.94. The highest BCUT2D eigenvalue weighted by atomic mass is 16.5. The molecule has 1 saturated carbocycles. The Balaban J connectivity index is 1.59. The number of amides is 1. The third-order valence-electron chi connectivity index (χ3n) is 4.38. The minimum Gasteiger partial charge on any atom is -0.339 e. The minimum atomic E-state index is 0.0422. The zero-order chi connectivity index (χ0) is 17.5. The van der Waals surface area contributed by atoms with Gasteiger partial charge in [-0.1, -0.05) is 30.3 Å². The molecule has 3 rings (SSSR count). The Morgan fingerprint density at radius 3 is 2.72 bits per heavy atom. The van der Waals surface area contributed by atoms with E-state index >= 15 is 0 Å². The average Bonchev–Trinajstić information content (AvgIpc) is 3.15. The lowest BCUT2D eigenvalue weighted by Gasteiger charge is -2.33. The van der Waals surface area contributed by atoms with Crippen LogP contribution in [0.5, 0.6) is 0 Å². The molecule has 0 unspecified atom stereocenters. The maximum atomic E-state index is 12.6. The lowest BCUT2D eigenvalue weighted by molar-refractivity contribution is -0.133. The molecule has 1 aliphatic rings. The van der Waals surface area contributed by atoms with E-state index < -0.39 is 0 Å². The molecule has 0 radical (unpaired) electrons. The standard InChI is InChI=1S/C18H21N5O2/c1-2-13-23(14-7-4-3-5-8-14)16(24)10-9-15-21-18(22-25-15)17-19-11-6-12-20-17/h1,6,11-12,14H,3-5,7-10,13H2. The molecule has 0 spiro atoms. The molecule has 0 bridgehead atoms. The first kappa shape index (κ1) is 17.1. The van der Waals surface area contributed by atoms with E-state index in [1.54, 1.807) is 18.5 Å². The number of carbonyl (C=O) groups is 1. The molecule has 0 atom stereocenters. The Morgan fingerprint density at radius 2 is 2.00 bits per heavy atom. The van der Waals surface area contributed by atoms with Gasteiger partial charge in [-0.15, -0.1) is 6.42 Å². The van der Waals surface area contributed by atoms with Gasteiger partial charge in [0.2, 0.25) is 23.4 Å². The van der Waals surface area contributed by atoms with Gasteiger partial charge < -0.3 is 9.42 Å². The summed E-state index contributed by atoms with van der Waals surface area (Å²) in [7, 11) is 0. The molecule has 7 heteroatoms. The monoisotopic (exact) mass is 339 g/mol. The summed E-state index contributed by atoms with van der Waals surface area (Å²) in [4.78, 5) is 26.8. The molecule has 1 fully saturated rings. The predicted octanol–water partition coefficient (Wildman–Crippen LogP) is 2.25. The number of rotatable bonds is 6. The van der Waals surface area contributed by atoms with E-state index in [2.05, 4.69) is 26.0 Å². The Bertz CT molecular complexity index is 731. The molecule has 2 heterocycles. The fourth-order valence-corrected chi connectivity index (χ4v) is 3.13. The van der Waals surface area contributed by atoms with E-state index in [0.29, 0.717) is 36.9 Å². The molecular formula is C18H21N5O2. The number of hydrogen-bond acceptors (Lipinski definition) is 6. The highest BCUT2D eigenvalue weighted by Gasteiger charge is 2.25. The van der Waals surface area contributed by atoms with E-state index in [4.69, 9.17) is 10.9 Å². The van der Waals surface area contributed by atoms with Crippen molar-refractivity contribution in [2.45, 2.75) is 51.0 Å². The van der Waals surface area contributed by atoms with Crippen LogP contribution < -0.4 is 0 Å². The molecule has 0 aromatic carbocycles. The maximum Gasteiger partial charge on any atom is 0.240 e. The molecule has 2 aromatic heterocycles. The van der Waals surface area contributed by atoms with Crippen molar-refractivity contribution in [3.05, 3.63) is 24.4 Å². The quantitative estimate of drug-likeness (QED) is 0.751. The van der Waals surface area contributed by atoms with Gasteiger partial charge in [0.25, 0.3) is 0 Å². The first-order valence-corrected chi connectivity index (χ1v) is 8.61. The van der Waals surface area contributed by atoms with Crippen molar-refractivity contribution < 1.29 is 9.32 Å². The fourth-order valence-electron chi connectivity index (χ4n) is 3.13. The molecular weight excluding hydrogens is 318 g/mol. The van der Waals surface area contributed by atoms with Crippen LogP contribution in [0.2, 0.25) is 0 Å². The first-order chi connectivity index (χ1) is 12.3. The zero-order valence-electron chi connectivity index (χ0n) is 14.1. The highest BCUT2D eigenvalue weighted by molar-refractivity contribution is 5.77. The van der Waals surface area contributed by atoms with Gasteiger partial charge in [0.15, 0.2) is 0 Å². The van der Waals surface area contributed by atoms with Crippen LogP contribution in [0.3, 0.4) is 0 Å². The van der Waals surface area contributed by atoms with Crippen LogP contribution in [-0.4, -0.2) is 43.5 Å². The second-order valence-electron chi connectivity index (χ2n) is 6.10. The van der Waals surface area contributed by atoms with Crippen LogP contribution >= 0.6 is 0 Å². The van der Waals surface area contributed by atoms with E-state index in [1.165, 1.54) is 6.42 Å². The summed E-state index contributed by atoms with van der Waals surface area (Å²) in [5.41, 5.74) is 0. The molecule has 130 valence electrons. The van der Waals surface area contributed by atoms with Crippen molar-refractivity contribution >= 4 is 5.91 Å². The van der Waals surface area contributed by atoms with Crippen molar-refractivity contribution in [3.8, 4) is 24.0 Å². The summed E-state index contributed by atoms with van der Waals surface area (Å²) < 4.78 is 5.20. The van der Waals surface area contributed by atoms with Crippen LogP contribution in [0, 0.1) is 12.3 Å². The maximum absolute atomic E-state index is 12.6. The number of aromatic nitrogens is 4. The van der Waals surface area contributed by atoms with Gasteiger partial charge in [0, 0.05) is 31.3 Å². The number of nitrogens with zero attached hydrogens (tertiary/aromatic N) is 5. The number of aryl methyl sites for hydroxylation is 1. The minimum absolute atomic E-state index is 0.0422. The Hall–Kier alpha value is -2.75. The number of terminal acetylenes is 1. The second-order valence-corrected chi connectivity index (χ2v) is 6.10. The van der Waals surface area contributed by atoms with Crippen molar-refractivity contribution in [2.75, 3.05) is 6.54 Å². The molecule has 1 amide bonds. The predicted molar refractivity (Wildman–Crippen MR) is 91.1 cm³/mol. The third-order valence-corrected chi connectivity index (χ3v) is 4.38. The molecule has 2 aromatic rings. The van der Waals surface area contributed by atoms with Gasteiger partial charge in [-0.25, -0.2) is 9.97 Å². The molecule has 0 N–H and O–H groups in total. The van der Waals surface area contributed by atoms with E-state index in [1.807, 2.05) is 4.90 Å². The van der Waals surface area contributed by atoms with Crippen molar-refractivity contribution in [3.63, 3.8) is 0 Å². The van der Waals surface area contributed by atoms with Gasteiger partial charge in [0.05, 0.1) is 6.54 Å². The Kier molecular flexibility index (Phi) is 5.73. The van der Waals surface area contributed by atoms with Crippen molar-refractivity contribution in [1.82, 2.24) is 25.0 Å². The summed E-state index contributed by atoms with van der Waals surface area (Å²) in [6.45, 7) is 0.358. The molecule has 7 nitrogen and oxygen atoms in total. The normalized spacial score (nSPS) is 14.8. The van der Waals surface area contributed by atoms with Crippen molar-refractivity contribution in [1.29, 1.82) is 0 Å². The molecule has 0 aliphatic heterocycles. The van der Waals surface area contributed by atoms with Gasteiger partial charge >= 0.3 is 0 Å². The molecule has 0 saturated heterocycles. The van der Waals surface area contributed by atoms with Gasteiger partial charge in [0.1, 0.15) is 0 Å². The summed E-state index contributed by atoms with van der Waals surface area (Å²) in [5, 5.41) is 3.87. The smallest absolute Gasteiger partial charge is 0.240 e. The van der Waals surface area contributed by atoms with Gasteiger partial charge in [-0.2, -0.15) is 4.98 Å². The summed E-state index contributed by atoms with van der Waals surface area (Å²) in [6.07, 6.45) is 15.0. The SMILES string of the molecule is C#CCN(C(=O)CCc1nc(-c2ncccn2)no1)C1CCCCC1. The van der Waals surface area contributed by atoms with Crippen molar-refractivity contribution in [2.24, 2.45) is 0 Å². The van der Waals surface area contributed by atoms with Crippen LogP contribution in [0.25, 0.3) is 11.6 Å². The average molecular weight is 339 g/mol. The zero-order valence-corrected chi connectivity index (χ0v) is 14.1. The Labute approximate surface area is 146 Å². The summed E-state index contributed by atoms with van der Waals surface area (Å²) in [5.74, 6) is 3.78. The largest absolute Gasteiger partial charge is 0.339 e. The first-order valence-electron chi connectivity index (χ1n) is 8.61. The van der Waals surface area contributed by atoms with Gasteiger partial charge in [-0.3, -0.25) is 4.79 Å². The lowest BCUT2D eigenvalue weighted by Crippen LogP contribution is -2.41. The second kappa shape index (κ2) is 8.38. The van der Waals surface area contributed by atoms with Crippen LogP contribution in [0.4, 0.5) is 0 Å². The summed E-state index contributed by atoms with van der Waals surface area (Å²) in [6, 6.07) is 1.97. The van der Waals surface area contributed by atoms with Crippen LogP contribution in [0.15, 0.2) is 23.0 Å². The molecule has 1 aliphatic carbocycles. The fraction of sp³-hybridized carbons (Fsp3) is 0.500. The third kappa shape index (κ3) is 4.41. The van der Waals surface area contributed by atoms with Gasteiger partial charge in [-0.05, 0) is 18.9 Å². The van der Waals surface area contributed by atoms with E-state index in [9.17, 15) is 4.79 Å². The van der Waals surface area contributed by atoms with Crippen LogP contribution in [-0.2, 0) is 11.2 Å². The Morgan fingerprint density at radius 1 is 1.24 bits per heavy atom. The van der Waals surface area contributed by atoms with E-state index in [-0.39, 0.29) is 11.9 Å².